The Morgan fingerprint density at radius 2 is 1.74 bits per heavy atom. The minimum absolute atomic E-state index is 0.442. The molecule has 2 aliphatic rings. The topological polar surface area (TPSA) is 49.9 Å². The molecular formula is C17H26N2O3S. The first-order valence-corrected chi connectivity index (χ1v) is 9.89. The number of morpholine rings is 1. The molecule has 0 aromatic heterocycles. The minimum atomic E-state index is -3.43. The van der Waals surface area contributed by atoms with Gasteiger partial charge in [0, 0.05) is 19.6 Å². The molecule has 6 heteroatoms. The van der Waals surface area contributed by atoms with Crippen molar-refractivity contribution in [2.75, 3.05) is 39.4 Å². The highest BCUT2D eigenvalue weighted by atomic mass is 32.2. The lowest BCUT2D eigenvalue weighted by Crippen LogP contribution is -2.41. The van der Waals surface area contributed by atoms with Crippen LogP contribution in [0.3, 0.4) is 0 Å². The number of benzene rings is 1. The molecule has 23 heavy (non-hydrogen) atoms. The summed E-state index contributed by atoms with van der Waals surface area (Å²) < 4.78 is 32.7. The van der Waals surface area contributed by atoms with E-state index in [2.05, 4.69) is 11.8 Å². The second kappa shape index (κ2) is 7.30. The average molecular weight is 338 g/mol. The fraction of sp³-hybridized carbons (Fsp3) is 0.647. The predicted octanol–water partition coefficient (Wildman–Crippen LogP) is 1.94. The summed E-state index contributed by atoms with van der Waals surface area (Å²) in [6.45, 7) is 6.94. The summed E-state index contributed by atoms with van der Waals surface area (Å²) in [6.07, 6.45) is 2.39. The van der Waals surface area contributed by atoms with Crippen molar-refractivity contribution in [3.8, 4) is 0 Å². The zero-order valence-electron chi connectivity index (χ0n) is 13.8. The lowest BCUT2D eigenvalue weighted by Gasteiger charge is -2.31. The van der Waals surface area contributed by atoms with Crippen molar-refractivity contribution >= 4 is 10.0 Å². The predicted molar refractivity (Wildman–Crippen MR) is 89.7 cm³/mol. The molecule has 0 radical (unpaired) electrons. The van der Waals surface area contributed by atoms with Gasteiger partial charge >= 0.3 is 0 Å². The number of hydrogen-bond acceptors (Lipinski definition) is 4. The van der Waals surface area contributed by atoms with Gasteiger partial charge in [0.2, 0.25) is 10.0 Å². The normalized spacial score (nSPS) is 22.3. The third-order valence-corrected chi connectivity index (χ3v) is 6.83. The molecule has 0 aliphatic carbocycles. The van der Waals surface area contributed by atoms with Crippen molar-refractivity contribution in [3.05, 3.63) is 29.8 Å². The maximum atomic E-state index is 13.0. The molecule has 0 saturated carbocycles. The third-order valence-electron chi connectivity index (χ3n) is 4.83. The van der Waals surface area contributed by atoms with Crippen molar-refractivity contribution in [1.82, 2.24) is 9.21 Å². The van der Waals surface area contributed by atoms with Gasteiger partial charge in [-0.3, -0.25) is 4.90 Å². The quantitative estimate of drug-likeness (QED) is 0.842. The fourth-order valence-electron chi connectivity index (χ4n) is 3.27. The Bertz CT molecular complexity index is 618. The second-order valence-corrected chi connectivity index (χ2v) is 8.49. The molecule has 2 aliphatic heterocycles. The lowest BCUT2D eigenvalue weighted by molar-refractivity contribution is 0.0730. The van der Waals surface area contributed by atoms with Crippen molar-refractivity contribution in [1.29, 1.82) is 0 Å². The number of piperidine rings is 1. The number of nitrogens with zero attached hydrogens (tertiary/aromatic N) is 2. The molecule has 0 unspecified atom stereocenters. The molecule has 2 heterocycles. The molecule has 0 atom stereocenters. The first kappa shape index (κ1) is 16.9. The van der Waals surface area contributed by atoms with Gasteiger partial charge in [-0.05, 0) is 43.5 Å². The smallest absolute Gasteiger partial charge is 0.243 e. The van der Waals surface area contributed by atoms with Gasteiger partial charge in [0.15, 0.2) is 0 Å². The van der Waals surface area contributed by atoms with E-state index in [-0.39, 0.29) is 0 Å². The molecular weight excluding hydrogens is 312 g/mol. The van der Waals surface area contributed by atoms with E-state index in [1.54, 1.807) is 10.4 Å². The van der Waals surface area contributed by atoms with Gasteiger partial charge in [-0.2, -0.15) is 4.31 Å². The molecule has 0 N–H and O–H groups in total. The Balaban J connectivity index is 1.79. The zero-order chi connectivity index (χ0) is 16.3. The van der Waals surface area contributed by atoms with Crippen LogP contribution in [-0.4, -0.2) is 57.0 Å². The van der Waals surface area contributed by atoms with Crippen molar-refractivity contribution in [2.24, 2.45) is 5.92 Å². The van der Waals surface area contributed by atoms with Crippen molar-refractivity contribution in [3.63, 3.8) is 0 Å². The zero-order valence-corrected chi connectivity index (χ0v) is 14.6. The molecule has 0 spiro atoms. The molecule has 5 nitrogen and oxygen atoms in total. The van der Waals surface area contributed by atoms with Crippen LogP contribution in [0.2, 0.25) is 0 Å². The SMILES string of the molecule is CC1CCN(Cc2ccccc2S(=O)(=O)N2CCOCC2)CC1. The van der Waals surface area contributed by atoms with E-state index < -0.39 is 10.0 Å². The van der Waals surface area contributed by atoms with Gasteiger partial charge in [0.25, 0.3) is 0 Å². The van der Waals surface area contributed by atoms with Crippen LogP contribution in [-0.2, 0) is 21.3 Å². The van der Waals surface area contributed by atoms with Crippen LogP contribution in [0, 0.1) is 5.92 Å². The number of hydrogen-bond donors (Lipinski definition) is 0. The Kier molecular flexibility index (Phi) is 5.36. The fourth-order valence-corrected chi connectivity index (χ4v) is 4.90. The first-order chi connectivity index (χ1) is 11.1. The summed E-state index contributed by atoms with van der Waals surface area (Å²) in [4.78, 5) is 2.83. The molecule has 128 valence electrons. The molecule has 3 rings (SSSR count). The van der Waals surface area contributed by atoms with E-state index >= 15 is 0 Å². The highest BCUT2D eigenvalue weighted by Crippen LogP contribution is 2.24. The average Bonchev–Trinajstić information content (AvgIpc) is 2.58. The second-order valence-electron chi connectivity index (χ2n) is 6.58. The van der Waals surface area contributed by atoms with E-state index in [9.17, 15) is 8.42 Å². The van der Waals surface area contributed by atoms with Crippen LogP contribution in [0.25, 0.3) is 0 Å². The number of likely N-dealkylation sites (tertiary alicyclic amines) is 1. The van der Waals surface area contributed by atoms with Crippen LogP contribution in [0.1, 0.15) is 25.3 Å². The largest absolute Gasteiger partial charge is 0.379 e. The summed E-state index contributed by atoms with van der Waals surface area (Å²) in [7, 11) is -3.43. The van der Waals surface area contributed by atoms with Gasteiger partial charge in [-0.25, -0.2) is 8.42 Å². The highest BCUT2D eigenvalue weighted by molar-refractivity contribution is 7.89. The van der Waals surface area contributed by atoms with Crippen LogP contribution in [0.15, 0.2) is 29.2 Å². The number of sulfonamides is 1. The van der Waals surface area contributed by atoms with Gasteiger partial charge in [-0.15, -0.1) is 0 Å². The van der Waals surface area contributed by atoms with Gasteiger partial charge < -0.3 is 4.74 Å². The number of ether oxygens (including phenoxy) is 1. The Morgan fingerprint density at radius 1 is 1.09 bits per heavy atom. The summed E-state index contributed by atoms with van der Waals surface area (Å²) >= 11 is 0. The molecule has 1 aromatic carbocycles. The van der Waals surface area contributed by atoms with Crippen LogP contribution < -0.4 is 0 Å². The van der Waals surface area contributed by atoms with Crippen LogP contribution in [0.5, 0.6) is 0 Å². The lowest BCUT2D eigenvalue weighted by atomic mass is 9.99. The summed E-state index contributed by atoms with van der Waals surface area (Å²) in [6, 6.07) is 7.44. The number of rotatable bonds is 4. The van der Waals surface area contributed by atoms with Gasteiger partial charge in [-0.1, -0.05) is 25.1 Å². The first-order valence-electron chi connectivity index (χ1n) is 8.45. The van der Waals surface area contributed by atoms with Gasteiger partial charge in [0.1, 0.15) is 0 Å². The standard InChI is InChI=1S/C17H26N2O3S/c1-15-6-8-18(9-7-15)14-16-4-2-3-5-17(16)23(20,21)19-10-12-22-13-11-19/h2-5,15H,6-14H2,1H3. The summed E-state index contributed by atoms with van der Waals surface area (Å²) in [5.41, 5.74) is 0.911. The van der Waals surface area contributed by atoms with Crippen molar-refractivity contribution in [2.45, 2.75) is 31.2 Å². The molecule has 0 amide bonds. The van der Waals surface area contributed by atoms with E-state index in [1.807, 2.05) is 18.2 Å². The third kappa shape index (κ3) is 3.94. The van der Waals surface area contributed by atoms with E-state index in [4.69, 9.17) is 4.74 Å². The van der Waals surface area contributed by atoms with Crippen LogP contribution >= 0.6 is 0 Å². The van der Waals surface area contributed by atoms with E-state index in [0.29, 0.717) is 37.7 Å². The highest BCUT2D eigenvalue weighted by Gasteiger charge is 2.29. The molecule has 2 fully saturated rings. The monoisotopic (exact) mass is 338 g/mol. The molecule has 2 saturated heterocycles. The molecule has 1 aromatic rings. The molecule has 0 bridgehead atoms. The minimum Gasteiger partial charge on any atom is -0.379 e. The maximum absolute atomic E-state index is 13.0. The van der Waals surface area contributed by atoms with Crippen LogP contribution in [0.4, 0.5) is 0 Å². The van der Waals surface area contributed by atoms with E-state index in [1.165, 1.54) is 12.8 Å². The maximum Gasteiger partial charge on any atom is 0.243 e. The van der Waals surface area contributed by atoms with Gasteiger partial charge in [0.05, 0.1) is 18.1 Å². The summed E-state index contributed by atoms with van der Waals surface area (Å²) in [5.74, 6) is 0.776. The Labute approximate surface area is 139 Å². The van der Waals surface area contributed by atoms with Crippen molar-refractivity contribution < 1.29 is 13.2 Å². The van der Waals surface area contributed by atoms with E-state index in [0.717, 1.165) is 24.6 Å². The summed E-state index contributed by atoms with van der Waals surface area (Å²) in [5, 5.41) is 0. The Hall–Kier alpha value is -0.950. The Morgan fingerprint density at radius 3 is 2.43 bits per heavy atom.